The summed E-state index contributed by atoms with van der Waals surface area (Å²) in [5.74, 6) is -3.88. The lowest BCUT2D eigenvalue weighted by Gasteiger charge is -2.11. The van der Waals surface area contributed by atoms with Crippen molar-refractivity contribution in [3.05, 3.63) is 77.6 Å². The third kappa shape index (κ3) is 4.22. The van der Waals surface area contributed by atoms with Crippen LogP contribution in [-0.2, 0) is 10.9 Å². The zero-order chi connectivity index (χ0) is 23.8. The second-order valence-electron chi connectivity index (χ2n) is 6.66. The number of carbonyl (C=O) groups is 2. The van der Waals surface area contributed by atoms with Crippen molar-refractivity contribution in [1.82, 2.24) is 19.5 Å². The van der Waals surface area contributed by atoms with Crippen molar-refractivity contribution in [2.24, 2.45) is 0 Å². The zero-order valence-electron chi connectivity index (χ0n) is 16.7. The number of esters is 1. The number of aromatic nitrogens is 4. The van der Waals surface area contributed by atoms with Gasteiger partial charge in [0.15, 0.2) is 11.6 Å². The number of methoxy groups -OCH3 is 1. The molecule has 1 amide bonds. The molecule has 0 atom stereocenters. The standard InChI is InChI=1S/C21H13F4N5O3/c1-33-19(32)11-6-7-15-14(8-11)28-20(21(23,24)25)30(15)17-10-26-16(9-27-17)29-18(31)12-4-2-3-5-13(12)22/h2-10H,1H3,(H,26,29,31). The van der Waals surface area contributed by atoms with Gasteiger partial charge in [0.2, 0.25) is 5.82 Å². The van der Waals surface area contributed by atoms with E-state index in [1.54, 1.807) is 0 Å². The quantitative estimate of drug-likeness (QED) is 0.366. The van der Waals surface area contributed by atoms with Crippen LogP contribution in [0.15, 0.2) is 54.9 Å². The van der Waals surface area contributed by atoms with Gasteiger partial charge in [-0.05, 0) is 30.3 Å². The van der Waals surface area contributed by atoms with Crippen LogP contribution in [0.1, 0.15) is 26.5 Å². The van der Waals surface area contributed by atoms with Crippen molar-refractivity contribution >= 4 is 28.7 Å². The number of fused-ring (bicyclic) bond motifs is 1. The molecular formula is C21H13F4N5O3. The van der Waals surface area contributed by atoms with E-state index in [-0.39, 0.29) is 33.8 Å². The number of carbonyl (C=O) groups excluding carboxylic acids is 2. The Bertz CT molecular complexity index is 1370. The number of nitrogens with one attached hydrogen (secondary N) is 1. The SMILES string of the molecule is COC(=O)c1ccc2c(c1)nc(C(F)(F)F)n2-c1cnc(NC(=O)c2ccccc2F)cn1. The zero-order valence-corrected chi connectivity index (χ0v) is 16.7. The summed E-state index contributed by atoms with van der Waals surface area (Å²) in [5, 5.41) is 2.33. The van der Waals surface area contributed by atoms with E-state index in [1.807, 2.05) is 0 Å². The summed E-state index contributed by atoms with van der Waals surface area (Å²) in [5.41, 5.74) is -0.290. The number of alkyl halides is 3. The molecule has 0 aliphatic rings. The molecule has 2 aromatic carbocycles. The van der Waals surface area contributed by atoms with Crippen LogP contribution in [0.3, 0.4) is 0 Å². The lowest BCUT2D eigenvalue weighted by atomic mass is 10.2. The molecule has 0 saturated heterocycles. The first kappa shape index (κ1) is 21.9. The van der Waals surface area contributed by atoms with Gasteiger partial charge in [-0.2, -0.15) is 13.2 Å². The van der Waals surface area contributed by atoms with Crippen molar-refractivity contribution in [2.45, 2.75) is 6.18 Å². The van der Waals surface area contributed by atoms with E-state index >= 15 is 0 Å². The van der Waals surface area contributed by atoms with E-state index in [2.05, 4.69) is 25.0 Å². The molecule has 4 rings (SSSR count). The fourth-order valence-corrected chi connectivity index (χ4v) is 3.08. The Labute approximate surface area is 182 Å². The Hall–Kier alpha value is -4.35. The first-order chi connectivity index (χ1) is 15.7. The first-order valence-corrected chi connectivity index (χ1v) is 9.25. The molecule has 4 aromatic rings. The summed E-state index contributed by atoms with van der Waals surface area (Å²) in [6, 6.07) is 9.01. The highest BCUT2D eigenvalue weighted by Gasteiger charge is 2.38. The molecule has 0 spiro atoms. The van der Waals surface area contributed by atoms with E-state index < -0.39 is 29.7 Å². The fraction of sp³-hybridized carbons (Fsp3) is 0.0952. The molecule has 33 heavy (non-hydrogen) atoms. The summed E-state index contributed by atoms with van der Waals surface area (Å²) in [4.78, 5) is 35.4. The molecule has 2 heterocycles. The highest BCUT2D eigenvalue weighted by molar-refractivity contribution is 6.03. The largest absolute Gasteiger partial charge is 0.465 e. The molecule has 0 aliphatic heterocycles. The average molecular weight is 459 g/mol. The maximum Gasteiger partial charge on any atom is 0.450 e. The van der Waals surface area contributed by atoms with Crippen LogP contribution in [0.4, 0.5) is 23.4 Å². The number of amides is 1. The lowest BCUT2D eigenvalue weighted by Crippen LogP contribution is -2.16. The maximum absolute atomic E-state index is 13.8. The van der Waals surface area contributed by atoms with Crippen LogP contribution in [0, 0.1) is 5.82 Å². The van der Waals surface area contributed by atoms with E-state index in [0.29, 0.717) is 0 Å². The van der Waals surface area contributed by atoms with Gasteiger partial charge in [0, 0.05) is 0 Å². The molecule has 12 heteroatoms. The number of nitrogens with zero attached hydrogens (tertiary/aromatic N) is 4. The van der Waals surface area contributed by atoms with Crippen molar-refractivity contribution < 1.29 is 31.9 Å². The second-order valence-corrected chi connectivity index (χ2v) is 6.66. The van der Waals surface area contributed by atoms with Crippen molar-refractivity contribution in [3.63, 3.8) is 0 Å². The van der Waals surface area contributed by atoms with Gasteiger partial charge in [-0.25, -0.2) is 24.1 Å². The van der Waals surface area contributed by atoms with Gasteiger partial charge in [0.1, 0.15) is 5.82 Å². The van der Waals surface area contributed by atoms with Gasteiger partial charge in [-0.1, -0.05) is 12.1 Å². The normalized spacial score (nSPS) is 11.4. The summed E-state index contributed by atoms with van der Waals surface area (Å²) in [7, 11) is 1.15. The van der Waals surface area contributed by atoms with Crippen LogP contribution in [0.25, 0.3) is 16.9 Å². The van der Waals surface area contributed by atoms with Crippen LogP contribution in [-0.4, -0.2) is 38.5 Å². The molecule has 8 nitrogen and oxygen atoms in total. The van der Waals surface area contributed by atoms with Gasteiger partial charge in [0.25, 0.3) is 5.91 Å². The van der Waals surface area contributed by atoms with Gasteiger partial charge in [-0.15, -0.1) is 0 Å². The Morgan fingerprint density at radius 2 is 1.82 bits per heavy atom. The molecule has 1 N–H and O–H groups in total. The minimum absolute atomic E-state index is 0.0208. The molecule has 0 radical (unpaired) electrons. The third-order valence-electron chi connectivity index (χ3n) is 4.56. The van der Waals surface area contributed by atoms with Crippen LogP contribution < -0.4 is 5.32 Å². The Morgan fingerprint density at radius 1 is 1.06 bits per heavy atom. The van der Waals surface area contributed by atoms with Crippen LogP contribution in [0.5, 0.6) is 0 Å². The second kappa shape index (κ2) is 8.30. The summed E-state index contributed by atoms with van der Waals surface area (Å²) in [6.45, 7) is 0. The molecule has 0 fully saturated rings. The summed E-state index contributed by atoms with van der Waals surface area (Å²) >= 11 is 0. The van der Waals surface area contributed by atoms with Crippen molar-refractivity contribution in [2.75, 3.05) is 12.4 Å². The number of hydrogen-bond donors (Lipinski definition) is 1. The number of rotatable bonds is 4. The number of ether oxygens (including phenoxy) is 1. The van der Waals surface area contributed by atoms with E-state index in [9.17, 15) is 27.2 Å². The number of imidazole rings is 1. The molecular weight excluding hydrogens is 446 g/mol. The maximum atomic E-state index is 13.8. The summed E-state index contributed by atoms with van der Waals surface area (Å²) in [6.07, 6.45) is -2.81. The van der Waals surface area contributed by atoms with Gasteiger partial charge >= 0.3 is 12.1 Å². The first-order valence-electron chi connectivity index (χ1n) is 9.25. The highest BCUT2D eigenvalue weighted by atomic mass is 19.4. The fourth-order valence-electron chi connectivity index (χ4n) is 3.08. The van der Waals surface area contributed by atoms with Crippen molar-refractivity contribution in [1.29, 1.82) is 0 Å². The average Bonchev–Trinajstić information content (AvgIpc) is 3.18. The molecule has 168 valence electrons. The lowest BCUT2D eigenvalue weighted by molar-refractivity contribution is -0.145. The Kier molecular flexibility index (Phi) is 5.50. The van der Waals surface area contributed by atoms with Crippen LogP contribution in [0.2, 0.25) is 0 Å². The monoisotopic (exact) mass is 459 g/mol. The molecule has 0 aliphatic carbocycles. The number of benzene rings is 2. The van der Waals surface area contributed by atoms with Gasteiger partial charge in [0.05, 0.1) is 41.7 Å². The number of halogens is 4. The van der Waals surface area contributed by atoms with Crippen LogP contribution >= 0.6 is 0 Å². The van der Waals surface area contributed by atoms with Gasteiger partial charge < -0.3 is 10.1 Å². The third-order valence-corrected chi connectivity index (χ3v) is 4.56. The smallest absolute Gasteiger partial charge is 0.450 e. The van der Waals surface area contributed by atoms with E-state index in [0.717, 1.165) is 30.1 Å². The minimum atomic E-state index is -4.84. The van der Waals surface area contributed by atoms with Crippen molar-refractivity contribution in [3.8, 4) is 5.82 Å². The molecule has 0 saturated carbocycles. The minimum Gasteiger partial charge on any atom is -0.465 e. The highest BCUT2D eigenvalue weighted by Crippen LogP contribution is 2.33. The molecule has 2 aromatic heterocycles. The Balaban J connectivity index is 1.71. The van der Waals surface area contributed by atoms with E-state index in [4.69, 9.17) is 0 Å². The topological polar surface area (TPSA) is 99.0 Å². The Morgan fingerprint density at radius 3 is 2.45 bits per heavy atom. The predicted octanol–water partition coefficient (Wildman–Crippen LogP) is 4.01. The van der Waals surface area contributed by atoms with E-state index in [1.165, 1.54) is 36.4 Å². The molecule has 0 unspecified atom stereocenters. The predicted molar refractivity (Wildman–Crippen MR) is 107 cm³/mol. The summed E-state index contributed by atoms with van der Waals surface area (Å²) < 4.78 is 60.0. The number of hydrogen-bond acceptors (Lipinski definition) is 6. The number of anilines is 1. The van der Waals surface area contributed by atoms with Gasteiger partial charge in [-0.3, -0.25) is 9.36 Å². The molecule has 0 bridgehead atoms.